The fraction of sp³-hybridized carbons (Fsp3) is 0.474. The van der Waals surface area contributed by atoms with E-state index in [2.05, 4.69) is 6.92 Å². The van der Waals surface area contributed by atoms with Gasteiger partial charge >= 0.3 is 11.9 Å². The van der Waals surface area contributed by atoms with E-state index in [-0.39, 0.29) is 11.3 Å². The predicted molar refractivity (Wildman–Crippen MR) is 86.5 cm³/mol. The van der Waals surface area contributed by atoms with Crippen molar-refractivity contribution < 1.29 is 28.5 Å². The molecule has 2 aliphatic heterocycles. The van der Waals surface area contributed by atoms with E-state index >= 15 is 0 Å². The number of carbonyl (C=O) groups excluding carboxylic acids is 2. The van der Waals surface area contributed by atoms with Crippen LogP contribution in [-0.4, -0.2) is 38.4 Å². The molecule has 0 radical (unpaired) electrons. The van der Waals surface area contributed by atoms with Gasteiger partial charge in [0.05, 0.1) is 20.5 Å². The zero-order valence-electron chi connectivity index (χ0n) is 14.4. The molecule has 0 bridgehead atoms. The fourth-order valence-electron chi connectivity index (χ4n) is 4.49. The van der Waals surface area contributed by atoms with Gasteiger partial charge in [-0.05, 0) is 17.2 Å². The van der Waals surface area contributed by atoms with E-state index in [0.717, 1.165) is 11.1 Å². The zero-order valence-corrected chi connectivity index (χ0v) is 14.4. The quantitative estimate of drug-likeness (QED) is 0.618. The van der Waals surface area contributed by atoms with Crippen LogP contribution in [0, 0.1) is 11.3 Å². The Morgan fingerprint density at radius 1 is 1.16 bits per heavy atom. The van der Waals surface area contributed by atoms with Gasteiger partial charge in [0.1, 0.15) is 18.3 Å². The molecule has 1 aromatic rings. The van der Waals surface area contributed by atoms with E-state index < -0.39 is 29.6 Å². The monoisotopic (exact) mass is 344 g/mol. The average Bonchev–Trinajstić information content (AvgIpc) is 3.21. The third-order valence-electron chi connectivity index (χ3n) is 5.87. The van der Waals surface area contributed by atoms with Crippen LogP contribution < -0.4 is 0 Å². The van der Waals surface area contributed by atoms with Crippen LogP contribution in [0.25, 0.3) is 0 Å². The first-order valence-electron chi connectivity index (χ1n) is 8.22. The van der Waals surface area contributed by atoms with E-state index in [0.29, 0.717) is 6.61 Å². The van der Waals surface area contributed by atoms with Crippen molar-refractivity contribution in [3.63, 3.8) is 0 Å². The molecule has 1 saturated carbocycles. The lowest BCUT2D eigenvalue weighted by atomic mass is 9.87. The van der Waals surface area contributed by atoms with Gasteiger partial charge in [-0.2, -0.15) is 0 Å². The second kappa shape index (κ2) is 5.33. The molecule has 0 unspecified atom stereocenters. The molecule has 6 heteroatoms. The molecule has 0 N–H and O–H groups in total. The van der Waals surface area contributed by atoms with E-state index in [1.807, 2.05) is 30.3 Å². The molecule has 1 spiro atoms. The van der Waals surface area contributed by atoms with Gasteiger partial charge in [-0.15, -0.1) is 0 Å². The van der Waals surface area contributed by atoms with E-state index in [1.165, 1.54) is 14.2 Å². The van der Waals surface area contributed by atoms with Crippen molar-refractivity contribution in [2.75, 3.05) is 20.8 Å². The number of ether oxygens (including phenoxy) is 4. The Morgan fingerprint density at radius 3 is 2.44 bits per heavy atom. The smallest absolute Gasteiger partial charge is 0.323 e. The van der Waals surface area contributed by atoms with E-state index in [4.69, 9.17) is 18.9 Å². The van der Waals surface area contributed by atoms with Crippen LogP contribution in [0.2, 0.25) is 0 Å². The van der Waals surface area contributed by atoms with Crippen molar-refractivity contribution >= 4 is 11.9 Å². The number of rotatable bonds is 3. The summed E-state index contributed by atoms with van der Waals surface area (Å²) in [6, 6.07) is 7.75. The predicted octanol–water partition coefficient (Wildman–Crippen LogP) is 2.11. The average molecular weight is 344 g/mol. The standard InChI is InChI=1S/C19H20O6/c1-18-8-9-24-10-19(18)15(18)12-7-5-4-6-11(12)14(25-19)13(16(20)22-2)17(21)23-3/h4-9,13-15H,10H2,1-3H3/t14-,15-,18-,19-/m1/s1. The molecule has 0 aromatic heterocycles. The second-order valence-electron chi connectivity index (χ2n) is 6.91. The topological polar surface area (TPSA) is 71.1 Å². The minimum atomic E-state index is -1.18. The normalized spacial score (nSPS) is 34.2. The molecule has 1 fully saturated rings. The van der Waals surface area contributed by atoms with Crippen LogP contribution in [0.15, 0.2) is 36.6 Å². The maximum Gasteiger partial charge on any atom is 0.323 e. The minimum absolute atomic E-state index is 0.127. The van der Waals surface area contributed by atoms with Crippen molar-refractivity contribution in [2.24, 2.45) is 11.3 Å². The number of esters is 2. The van der Waals surface area contributed by atoms with Gasteiger partial charge in [-0.25, -0.2) is 0 Å². The molecule has 3 aliphatic rings. The highest BCUT2D eigenvalue weighted by Gasteiger charge is 2.79. The highest BCUT2D eigenvalue weighted by molar-refractivity contribution is 5.96. The summed E-state index contributed by atoms with van der Waals surface area (Å²) in [5.41, 5.74) is 1.09. The Kier molecular flexibility index (Phi) is 3.44. The van der Waals surface area contributed by atoms with Gasteiger partial charge in [0, 0.05) is 11.3 Å². The minimum Gasteiger partial charge on any atom is -0.498 e. The maximum atomic E-state index is 12.3. The van der Waals surface area contributed by atoms with Gasteiger partial charge in [-0.3, -0.25) is 9.59 Å². The molecule has 2 heterocycles. The first-order chi connectivity index (χ1) is 12.0. The Bertz CT molecular complexity index is 755. The van der Waals surface area contributed by atoms with Gasteiger partial charge in [0.25, 0.3) is 0 Å². The summed E-state index contributed by atoms with van der Waals surface area (Å²) in [4.78, 5) is 24.7. The van der Waals surface area contributed by atoms with Crippen LogP contribution >= 0.6 is 0 Å². The molecule has 6 nitrogen and oxygen atoms in total. The third kappa shape index (κ3) is 1.94. The lowest BCUT2D eigenvalue weighted by Gasteiger charge is -2.35. The van der Waals surface area contributed by atoms with Crippen LogP contribution in [-0.2, 0) is 28.5 Å². The van der Waals surface area contributed by atoms with Gasteiger partial charge in [0.2, 0.25) is 0 Å². The largest absolute Gasteiger partial charge is 0.498 e. The molecule has 0 amide bonds. The van der Waals surface area contributed by atoms with Crippen LogP contribution in [0.5, 0.6) is 0 Å². The molecule has 1 aromatic carbocycles. The van der Waals surface area contributed by atoms with Gasteiger partial charge < -0.3 is 18.9 Å². The summed E-state index contributed by atoms with van der Waals surface area (Å²) >= 11 is 0. The molecular formula is C19H20O6. The first-order valence-corrected chi connectivity index (χ1v) is 8.22. The molecule has 4 atom stereocenters. The lowest BCUT2D eigenvalue weighted by Crippen LogP contribution is -2.41. The van der Waals surface area contributed by atoms with Crippen LogP contribution in [0.4, 0.5) is 0 Å². The van der Waals surface area contributed by atoms with Crippen molar-refractivity contribution in [3.05, 3.63) is 47.7 Å². The zero-order chi connectivity index (χ0) is 17.8. The van der Waals surface area contributed by atoms with Gasteiger partial charge in [-0.1, -0.05) is 31.2 Å². The number of fused-ring (bicyclic) bond motifs is 3. The van der Waals surface area contributed by atoms with E-state index in [1.54, 1.807) is 6.26 Å². The second-order valence-corrected chi connectivity index (χ2v) is 6.91. The first kappa shape index (κ1) is 16.1. The SMILES string of the molecule is COC(=O)C(C(=O)OC)[C@@H]1O[C@@]23COC=C[C@]2(C)[C@H]3c2ccccc21. The van der Waals surface area contributed by atoms with E-state index in [9.17, 15) is 9.59 Å². The van der Waals surface area contributed by atoms with Crippen LogP contribution in [0.3, 0.4) is 0 Å². The Hall–Kier alpha value is -2.34. The molecule has 25 heavy (non-hydrogen) atoms. The number of hydrogen-bond donors (Lipinski definition) is 0. The summed E-state index contributed by atoms with van der Waals surface area (Å²) < 4.78 is 21.6. The molecule has 4 rings (SSSR count). The molecular weight excluding hydrogens is 324 g/mol. The van der Waals surface area contributed by atoms with Crippen molar-refractivity contribution in [1.82, 2.24) is 0 Å². The third-order valence-corrected chi connectivity index (χ3v) is 5.87. The van der Waals surface area contributed by atoms with Gasteiger partial charge in [0.15, 0.2) is 5.92 Å². The highest BCUT2D eigenvalue weighted by atomic mass is 16.6. The summed E-state index contributed by atoms with van der Waals surface area (Å²) in [6.45, 7) is 2.49. The number of carbonyl (C=O) groups is 2. The van der Waals surface area contributed by atoms with Crippen molar-refractivity contribution in [3.8, 4) is 0 Å². The summed E-state index contributed by atoms with van der Waals surface area (Å²) in [6.07, 6.45) is 2.93. The highest BCUT2D eigenvalue weighted by Crippen LogP contribution is 2.75. The van der Waals surface area contributed by atoms with Crippen molar-refractivity contribution in [2.45, 2.75) is 24.5 Å². The molecule has 0 saturated heterocycles. The maximum absolute atomic E-state index is 12.3. The molecule has 1 aliphatic carbocycles. The number of benzene rings is 1. The van der Waals surface area contributed by atoms with Crippen LogP contribution in [0.1, 0.15) is 30.1 Å². The summed E-state index contributed by atoms with van der Waals surface area (Å²) in [7, 11) is 2.50. The number of methoxy groups -OCH3 is 2. The lowest BCUT2D eigenvalue weighted by molar-refractivity contribution is -0.175. The Labute approximate surface area is 145 Å². The number of hydrogen-bond acceptors (Lipinski definition) is 6. The molecule has 132 valence electrons. The summed E-state index contributed by atoms with van der Waals surface area (Å²) in [5.74, 6) is -2.39. The fourth-order valence-corrected chi connectivity index (χ4v) is 4.49. The Morgan fingerprint density at radius 2 is 1.80 bits per heavy atom. The Balaban J connectivity index is 1.84. The van der Waals surface area contributed by atoms with Crippen molar-refractivity contribution in [1.29, 1.82) is 0 Å². The summed E-state index contributed by atoms with van der Waals surface area (Å²) in [5, 5.41) is 0.